The molecule has 3 N–H and O–H groups in total. The standard InChI is InChI=1S/C13H21BrN2OS/c1-3-6-18-9-12(16-15)8-10-7-11(14)4-5-13(10)17-2/h4-5,7,12,16H,3,6,8-9,15H2,1-2H3. The van der Waals surface area contributed by atoms with Gasteiger partial charge in [0.05, 0.1) is 7.11 Å². The Kier molecular flexibility index (Phi) is 7.74. The topological polar surface area (TPSA) is 47.3 Å². The van der Waals surface area contributed by atoms with Crippen molar-refractivity contribution in [1.82, 2.24) is 5.43 Å². The zero-order valence-corrected chi connectivity index (χ0v) is 13.3. The van der Waals surface area contributed by atoms with Crippen LogP contribution >= 0.6 is 27.7 Å². The molecular formula is C13H21BrN2OS. The Morgan fingerprint density at radius 1 is 1.50 bits per heavy atom. The van der Waals surface area contributed by atoms with Gasteiger partial charge in [0, 0.05) is 16.3 Å². The van der Waals surface area contributed by atoms with Gasteiger partial charge in [-0.15, -0.1) is 0 Å². The minimum atomic E-state index is 0.268. The van der Waals surface area contributed by atoms with E-state index in [1.807, 2.05) is 23.9 Å². The Balaban J connectivity index is 2.65. The third kappa shape index (κ3) is 5.18. The molecule has 1 atom stereocenters. The number of hydrogen-bond donors (Lipinski definition) is 2. The SMILES string of the molecule is CCCSCC(Cc1cc(Br)ccc1OC)NN. The molecule has 0 aliphatic carbocycles. The molecule has 0 aliphatic heterocycles. The van der Waals surface area contributed by atoms with Crippen molar-refractivity contribution in [3.63, 3.8) is 0 Å². The normalized spacial score (nSPS) is 12.4. The highest BCUT2D eigenvalue weighted by atomic mass is 79.9. The van der Waals surface area contributed by atoms with Crippen LogP contribution in [0.25, 0.3) is 0 Å². The number of benzene rings is 1. The predicted octanol–water partition coefficient (Wildman–Crippen LogP) is 2.98. The number of hydrogen-bond acceptors (Lipinski definition) is 4. The predicted molar refractivity (Wildman–Crippen MR) is 83.1 cm³/mol. The molecule has 1 aromatic carbocycles. The molecular weight excluding hydrogens is 312 g/mol. The molecule has 1 unspecified atom stereocenters. The van der Waals surface area contributed by atoms with Crippen molar-refractivity contribution in [1.29, 1.82) is 0 Å². The third-order valence-electron chi connectivity index (χ3n) is 2.61. The van der Waals surface area contributed by atoms with Gasteiger partial charge >= 0.3 is 0 Å². The lowest BCUT2D eigenvalue weighted by molar-refractivity contribution is 0.406. The minimum absolute atomic E-state index is 0.268. The zero-order valence-electron chi connectivity index (χ0n) is 10.9. The van der Waals surface area contributed by atoms with Gasteiger partial charge in [-0.2, -0.15) is 11.8 Å². The molecule has 0 radical (unpaired) electrons. The van der Waals surface area contributed by atoms with Gasteiger partial charge in [-0.3, -0.25) is 11.3 Å². The van der Waals surface area contributed by atoms with Crippen LogP contribution in [-0.4, -0.2) is 24.7 Å². The van der Waals surface area contributed by atoms with E-state index >= 15 is 0 Å². The van der Waals surface area contributed by atoms with Gasteiger partial charge in [-0.25, -0.2) is 0 Å². The fourth-order valence-corrected chi connectivity index (χ4v) is 3.07. The van der Waals surface area contributed by atoms with Crippen LogP contribution in [0.1, 0.15) is 18.9 Å². The summed E-state index contributed by atoms with van der Waals surface area (Å²) in [4.78, 5) is 0. The second-order valence-corrected chi connectivity index (χ2v) is 6.16. The van der Waals surface area contributed by atoms with Crippen LogP contribution in [0, 0.1) is 0 Å². The molecule has 5 heteroatoms. The van der Waals surface area contributed by atoms with Crippen LogP contribution < -0.4 is 16.0 Å². The highest BCUT2D eigenvalue weighted by molar-refractivity contribution is 9.10. The minimum Gasteiger partial charge on any atom is -0.496 e. The Bertz CT molecular complexity index is 363. The highest BCUT2D eigenvalue weighted by Crippen LogP contribution is 2.24. The van der Waals surface area contributed by atoms with Gasteiger partial charge in [-0.05, 0) is 42.4 Å². The fourth-order valence-electron chi connectivity index (χ4n) is 1.71. The monoisotopic (exact) mass is 332 g/mol. The lowest BCUT2D eigenvalue weighted by Crippen LogP contribution is -2.38. The van der Waals surface area contributed by atoms with Crippen molar-refractivity contribution >= 4 is 27.7 Å². The highest BCUT2D eigenvalue weighted by Gasteiger charge is 2.11. The summed E-state index contributed by atoms with van der Waals surface area (Å²) in [6.45, 7) is 2.19. The number of methoxy groups -OCH3 is 1. The van der Waals surface area contributed by atoms with Crippen LogP contribution in [0.4, 0.5) is 0 Å². The first-order valence-corrected chi connectivity index (χ1v) is 8.02. The molecule has 18 heavy (non-hydrogen) atoms. The molecule has 0 saturated heterocycles. The van der Waals surface area contributed by atoms with E-state index in [1.165, 1.54) is 17.7 Å². The van der Waals surface area contributed by atoms with E-state index in [-0.39, 0.29) is 6.04 Å². The molecule has 0 heterocycles. The second kappa shape index (κ2) is 8.80. The summed E-state index contributed by atoms with van der Waals surface area (Å²) >= 11 is 5.42. The zero-order chi connectivity index (χ0) is 13.4. The van der Waals surface area contributed by atoms with Crippen molar-refractivity contribution < 1.29 is 4.74 Å². The average Bonchev–Trinajstić information content (AvgIpc) is 2.38. The summed E-state index contributed by atoms with van der Waals surface area (Å²) in [6, 6.07) is 6.32. The van der Waals surface area contributed by atoms with Gasteiger partial charge in [0.25, 0.3) is 0 Å². The van der Waals surface area contributed by atoms with Gasteiger partial charge < -0.3 is 4.74 Å². The van der Waals surface area contributed by atoms with Crippen molar-refractivity contribution in [2.24, 2.45) is 5.84 Å². The largest absolute Gasteiger partial charge is 0.496 e. The molecule has 0 amide bonds. The molecule has 1 aromatic rings. The molecule has 1 rings (SSSR count). The maximum absolute atomic E-state index is 5.62. The summed E-state index contributed by atoms with van der Waals surface area (Å²) in [5.74, 6) is 8.72. The summed E-state index contributed by atoms with van der Waals surface area (Å²) in [5.41, 5.74) is 4.06. The Morgan fingerprint density at radius 3 is 2.89 bits per heavy atom. The number of ether oxygens (including phenoxy) is 1. The number of hydrazine groups is 1. The summed E-state index contributed by atoms with van der Waals surface area (Å²) in [7, 11) is 1.70. The molecule has 0 saturated carbocycles. The fraction of sp³-hybridized carbons (Fsp3) is 0.538. The number of nitrogens with two attached hydrogens (primary N) is 1. The summed E-state index contributed by atoms with van der Waals surface area (Å²) < 4.78 is 6.44. The number of nitrogens with one attached hydrogen (secondary N) is 1. The van der Waals surface area contributed by atoms with E-state index in [0.717, 1.165) is 22.4 Å². The van der Waals surface area contributed by atoms with Crippen LogP contribution in [0.2, 0.25) is 0 Å². The van der Waals surface area contributed by atoms with E-state index in [2.05, 4.69) is 34.3 Å². The van der Waals surface area contributed by atoms with Crippen LogP contribution in [0.15, 0.2) is 22.7 Å². The number of thioether (sulfide) groups is 1. The molecule has 0 aliphatic rings. The van der Waals surface area contributed by atoms with Crippen LogP contribution in [-0.2, 0) is 6.42 Å². The van der Waals surface area contributed by atoms with Crippen molar-refractivity contribution in [3.05, 3.63) is 28.2 Å². The van der Waals surface area contributed by atoms with E-state index in [0.29, 0.717) is 0 Å². The van der Waals surface area contributed by atoms with Crippen LogP contribution in [0.5, 0.6) is 5.75 Å². The van der Waals surface area contributed by atoms with Crippen LogP contribution in [0.3, 0.4) is 0 Å². The van der Waals surface area contributed by atoms with Gasteiger partial charge in [0.2, 0.25) is 0 Å². The molecule has 0 bridgehead atoms. The Hall–Kier alpha value is -0.230. The van der Waals surface area contributed by atoms with E-state index < -0.39 is 0 Å². The Labute approximate surface area is 122 Å². The first-order valence-electron chi connectivity index (χ1n) is 6.07. The molecule has 102 valence electrons. The Morgan fingerprint density at radius 2 is 2.28 bits per heavy atom. The molecule has 3 nitrogen and oxygen atoms in total. The molecule has 0 spiro atoms. The van der Waals surface area contributed by atoms with Gasteiger partial charge in [-0.1, -0.05) is 22.9 Å². The maximum Gasteiger partial charge on any atom is 0.122 e. The average molecular weight is 333 g/mol. The summed E-state index contributed by atoms with van der Waals surface area (Å²) in [6.07, 6.45) is 2.07. The van der Waals surface area contributed by atoms with Crippen molar-refractivity contribution in [2.75, 3.05) is 18.6 Å². The van der Waals surface area contributed by atoms with Crippen molar-refractivity contribution in [2.45, 2.75) is 25.8 Å². The second-order valence-electron chi connectivity index (χ2n) is 4.10. The molecule has 0 aromatic heterocycles. The molecule has 0 fully saturated rings. The number of rotatable bonds is 8. The van der Waals surface area contributed by atoms with E-state index in [9.17, 15) is 0 Å². The maximum atomic E-state index is 5.62. The quantitative estimate of drug-likeness (QED) is 0.436. The van der Waals surface area contributed by atoms with Gasteiger partial charge in [0.15, 0.2) is 0 Å². The summed E-state index contributed by atoms with van der Waals surface area (Å²) in [5, 5.41) is 0. The van der Waals surface area contributed by atoms with E-state index in [4.69, 9.17) is 10.6 Å². The first-order chi connectivity index (χ1) is 8.71. The van der Waals surface area contributed by atoms with E-state index in [1.54, 1.807) is 7.11 Å². The third-order valence-corrected chi connectivity index (χ3v) is 4.44. The number of halogens is 1. The lowest BCUT2D eigenvalue weighted by atomic mass is 10.1. The first kappa shape index (κ1) is 15.8. The van der Waals surface area contributed by atoms with Crippen molar-refractivity contribution in [3.8, 4) is 5.75 Å². The lowest BCUT2D eigenvalue weighted by Gasteiger charge is -2.17. The smallest absolute Gasteiger partial charge is 0.122 e. The van der Waals surface area contributed by atoms with Gasteiger partial charge in [0.1, 0.15) is 5.75 Å².